The number of hydrogen-bond acceptors (Lipinski definition) is 3. The Labute approximate surface area is 137 Å². The second-order valence-corrected chi connectivity index (χ2v) is 6.33. The average Bonchev–Trinajstić information content (AvgIpc) is 2.46. The Morgan fingerprint density at radius 3 is 2.57 bits per heavy atom. The third-order valence-electron chi connectivity index (χ3n) is 3.05. The summed E-state index contributed by atoms with van der Waals surface area (Å²) in [6.07, 6.45) is 1.56. The Hall–Kier alpha value is -1.66. The fraction of sp³-hybridized carbons (Fsp3) is 0. The van der Waals surface area contributed by atoms with E-state index in [-0.39, 0.29) is 5.82 Å². The molecule has 3 rings (SSSR count). The number of aromatic nitrogens is 1. The van der Waals surface area contributed by atoms with Gasteiger partial charge < -0.3 is 11.1 Å². The van der Waals surface area contributed by atoms with E-state index in [1.807, 2.05) is 18.2 Å². The minimum absolute atomic E-state index is 0.349. The minimum Gasteiger partial charge on any atom is -0.396 e. The zero-order valence-electron chi connectivity index (χ0n) is 10.7. The molecule has 0 saturated carbocycles. The maximum absolute atomic E-state index is 13.9. The molecule has 0 bridgehead atoms. The summed E-state index contributed by atoms with van der Waals surface area (Å²) >= 11 is 6.76. The summed E-state index contributed by atoms with van der Waals surface area (Å²) in [5.41, 5.74) is 8.23. The fourth-order valence-electron chi connectivity index (χ4n) is 2.05. The molecule has 106 valence electrons. The van der Waals surface area contributed by atoms with Crippen molar-refractivity contribution in [1.82, 2.24) is 4.98 Å². The lowest BCUT2D eigenvalue weighted by Gasteiger charge is -2.13. The van der Waals surface area contributed by atoms with Crippen molar-refractivity contribution in [2.24, 2.45) is 0 Å². The van der Waals surface area contributed by atoms with Crippen molar-refractivity contribution in [2.75, 3.05) is 11.1 Å². The summed E-state index contributed by atoms with van der Waals surface area (Å²) in [6.45, 7) is 0. The number of rotatable bonds is 2. The zero-order valence-corrected chi connectivity index (χ0v) is 13.9. The number of benzene rings is 2. The number of pyridine rings is 1. The predicted molar refractivity (Wildman–Crippen MR) is 91.2 cm³/mol. The molecule has 0 saturated heterocycles. The van der Waals surface area contributed by atoms with E-state index in [1.54, 1.807) is 18.3 Å². The van der Waals surface area contributed by atoms with Crippen LogP contribution in [0.1, 0.15) is 0 Å². The molecule has 0 aliphatic heterocycles. The summed E-state index contributed by atoms with van der Waals surface area (Å²) in [5, 5.41) is 3.88. The van der Waals surface area contributed by atoms with Gasteiger partial charge in [-0.1, -0.05) is 31.9 Å². The van der Waals surface area contributed by atoms with Gasteiger partial charge in [0.15, 0.2) is 0 Å². The average molecular weight is 411 g/mol. The molecule has 0 amide bonds. The highest BCUT2D eigenvalue weighted by atomic mass is 79.9. The Morgan fingerprint density at radius 2 is 1.76 bits per heavy atom. The zero-order chi connectivity index (χ0) is 15.0. The molecular weight excluding hydrogens is 401 g/mol. The smallest absolute Gasteiger partial charge is 0.146 e. The Kier molecular flexibility index (Phi) is 3.82. The molecule has 0 atom stereocenters. The molecule has 3 aromatic rings. The summed E-state index contributed by atoms with van der Waals surface area (Å²) in [6, 6.07) is 10.4. The number of anilines is 3. The van der Waals surface area contributed by atoms with E-state index < -0.39 is 0 Å². The standard InChI is InChI=1S/C15H10Br2FN3/c16-8-2-4-13-10(5-8)15(12(19)7-20-13)21-14-6-9(17)1-3-11(14)18/h1-7H,19H2,(H,20,21). The van der Waals surface area contributed by atoms with Gasteiger partial charge in [-0.2, -0.15) is 0 Å². The predicted octanol–water partition coefficient (Wildman–Crippen LogP) is 5.22. The van der Waals surface area contributed by atoms with Crippen LogP contribution in [0.5, 0.6) is 0 Å². The van der Waals surface area contributed by atoms with Crippen LogP contribution in [-0.4, -0.2) is 4.98 Å². The van der Waals surface area contributed by atoms with Crippen molar-refractivity contribution in [3.05, 3.63) is 57.4 Å². The lowest BCUT2D eigenvalue weighted by Crippen LogP contribution is -2.00. The van der Waals surface area contributed by atoms with Gasteiger partial charge in [0.25, 0.3) is 0 Å². The Morgan fingerprint density at radius 1 is 1.05 bits per heavy atom. The number of nitrogen functional groups attached to an aromatic ring is 1. The van der Waals surface area contributed by atoms with Crippen LogP contribution in [0.4, 0.5) is 21.5 Å². The van der Waals surface area contributed by atoms with Crippen LogP contribution in [0.3, 0.4) is 0 Å². The largest absolute Gasteiger partial charge is 0.396 e. The summed E-state index contributed by atoms with van der Waals surface area (Å²) in [4.78, 5) is 4.28. The fourth-order valence-corrected chi connectivity index (χ4v) is 2.77. The molecule has 0 unspecified atom stereocenters. The molecule has 1 aromatic heterocycles. The molecule has 0 radical (unpaired) electrons. The quantitative estimate of drug-likeness (QED) is 0.608. The lowest BCUT2D eigenvalue weighted by molar-refractivity contribution is 0.631. The maximum Gasteiger partial charge on any atom is 0.146 e. The summed E-state index contributed by atoms with van der Waals surface area (Å²) in [7, 11) is 0. The molecule has 3 nitrogen and oxygen atoms in total. The first-order valence-electron chi connectivity index (χ1n) is 6.10. The van der Waals surface area contributed by atoms with Gasteiger partial charge >= 0.3 is 0 Å². The van der Waals surface area contributed by atoms with Gasteiger partial charge in [-0.15, -0.1) is 0 Å². The second-order valence-electron chi connectivity index (χ2n) is 4.50. The van der Waals surface area contributed by atoms with Crippen LogP contribution >= 0.6 is 31.9 Å². The van der Waals surface area contributed by atoms with Gasteiger partial charge in [-0.25, -0.2) is 4.39 Å². The highest BCUT2D eigenvalue weighted by Crippen LogP contribution is 2.33. The SMILES string of the molecule is Nc1cnc2ccc(Br)cc2c1Nc1cc(Br)ccc1F. The van der Waals surface area contributed by atoms with Crippen LogP contribution in [0.2, 0.25) is 0 Å². The second kappa shape index (κ2) is 5.61. The summed E-state index contributed by atoms with van der Waals surface area (Å²) in [5.74, 6) is -0.349. The molecule has 0 aliphatic carbocycles. The van der Waals surface area contributed by atoms with Crippen LogP contribution < -0.4 is 11.1 Å². The molecule has 2 aromatic carbocycles. The van der Waals surface area contributed by atoms with E-state index in [0.29, 0.717) is 17.1 Å². The van der Waals surface area contributed by atoms with Crippen molar-refractivity contribution >= 4 is 59.8 Å². The molecule has 6 heteroatoms. The molecular formula is C15H10Br2FN3. The topological polar surface area (TPSA) is 50.9 Å². The van der Waals surface area contributed by atoms with Gasteiger partial charge in [-0.05, 0) is 36.4 Å². The van der Waals surface area contributed by atoms with Gasteiger partial charge in [0, 0.05) is 14.3 Å². The summed E-state index contributed by atoms with van der Waals surface area (Å²) < 4.78 is 15.6. The number of nitrogens with two attached hydrogens (primary N) is 1. The van der Waals surface area contributed by atoms with E-state index in [1.165, 1.54) is 6.07 Å². The van der Waals surface area contributed by atoms with E-state index in [2.05, 4.69) is 42.2 Å². The van der Waals surface area contributed by atoms with Crippen molar-refractivity contribution < 1.29 is 4.39 Å². The lowest BCUT2D eigenvalue weighted by atomic mass is 10.1. The van der Waals surface area contributed by atoms with Gasteiger partial charge in [0.2, 0.25) is 0 Å². The molecule has 3 N–H and O–H groups in total. The minimum atomic E-state index is -0.349. The van der Waals surface area contributed by atoms with Crippen LogP contribution in [0.15, 0.2) is 51.5 Å². The highest BCUT2D eigenvalue weighted by molar-refractivity contribution is 9.10. The van der Waals surface area contributed by atoms with Crippen LogP contribution in [0, 0.1) is 5.82 Å². The van der Waals surface area contributed by atoms with E-state index >= 15 is 0 Å². The van der Waals surface area contributed by atoms with Crippen molar-refractivity contribution in [1.29, 1.82) is 0 Å². The van der Waals surface area contributed by atoms with E-state index in [0.717, 1.165) is 19.8 Å². The van der Waals surface area contributed by atoms with Crippen molar-refractivity contribution in [3.63, 3.8) is 0 Å². The van der Waals surface area contributed by atoms with Gasteiger partial charge in [0.05, 0.1) is 28.8 Å². The Bertz CT molecular complexity index is 831. The highest BCUT2D eigenvalue weighted by Gasteiger charge is 2.10. The monoisotopic (exact) mass is 409 g/mol. The molecule has 0 spiro atoms. The third-order valence-corrected chi connectivity index (χ3v) is 4.03. The molecule has 0 fully saturated rings. The van der Waals surface area contributed by atoms with E-state index in [9.17, 15) is 4.39 Å². The Balaban J connectivity index is 2.17. The van der Waals surface area contributed by atoms with Crippen molar-refractivity contribution in [2.45, 2.75) is 0 Å². The van der Waals surface area contributed by atoms with Gasteiger partial charge in [0.1, 0.15) is 5.82 Å². The third kappa shape index (κ3) is 2.87. The molecule has 0 aliphatic rings. The van der Waals surface area contributed by atoms with Gasteiger partial charge in [-0.3, -0.25) is 4.98 Å². The number of hydrogen-bond donors (Lipinski definition) is 2. The molecule has 1 heterocycles. The first kappa shape index (κ1) is 14.3. The molecule has 21 heavy (non-hydrogen) atoms. The number of halogens is 3. The normalized spacial score (nSPS) is 10.8. The van der Waals surface area contributed by atoms with E-state index in [4.69, 9.17) is 5.73 Å². The first-order valence-corrected chi connectivity index (χ1v) is 7.69. The first-order chi connectivity index (χ1) is 10.0. The number of fused-ring (bicyclic) bond motifs is 1. The number of nitrogens with one attached hydrogen (secondary N) is 1. The van der Waals surface area contributed by atoms with Crippen LogP contribution in [-0.2, 0) is 0 Å². The van der Waals surface area contributed by atoms with Crippen molar-refractivity contribution in [3.8, 4) is 0 Å². The maximum atomic E-state index is 13.9. The number of nitrogens with zero attached hydrogens (tertiary/aromatic N) is 1. The van der Waals surface area contributed by atoms with Crippen LogP contribution in [0.25, 0.3) is 10.9 Å².